The molecule has 0 amide bonds. The summed E-state index contributed by atoms with van der Waals surface area (Å²) in [6.07, 6.45) is 0. The number of aromatic nitrogens is 2. The molecule has 12 rings (SSSR count). The van der Waals surface area contributed by atoms with E-state index in [4.69, 9.17) is 18.8 Å². The Bertz CT molecular complexity index is 3620. The molecule has 0 aliphatic heterocycles. The predicted octanol–water partition coefficient (Wildman–Crippen LogP) is 15.2. The van der Waals surface area contributed by atoms with E-state index >= 15 is 0 Å². The molecule has 0 saturated carbocycles. The fourth-order valence-corrected chi connectivity index (χ4v) is 9.09. The lowest BCUT2D eigenvalue weighted by molar-refractivity contribution is 0.669. The Balaban J connectivity index is 1.01. The van der Waals surface area contributed by atoms with Gasteiger partial charge in [-0.15, -0.1) is 0 Å². The first-order chi connectivity index (χ1) is 29.2. The first-order valence-electron chi connectivity index (χ1n) is 20.0. The van der Waals surface area contributed by atoms with Crippen LogP contribution >= 0.6 is 0 Å². The van der Waals surface area contributed by atoms with E-state index < -0.39 is 0 Å². The van der Waals surface area contributed by atoms with Crippen LogP contribution in [0.15, 0.2) is 197 Å². The number of nitrogens with zero attached hydrogens (tertiary/aromatic N) is 2. The van der Waals surface area contributed by atoms with Crippen molar-refractivity contribution in [1.82, 2.24) is 9.97 Å². The zero-order valence-corrected chi connectivity index (χ0v) is 32.1. The van der Waals surface area contributed by atoms with Crippen molar-refractivity contribution in [3.8, 4) is 56.2 Å². The Morgan fingerprint density at radius 3 is 1.75 bits per heavy atom. The Hall–Kier alpha value is -7.82. The van der Waals surface area contributed by atoms with Crippen LogP contribution in [0.1, 0.15) is 5.56 Å². The molecule has 9 aromatic carbocycles. The number of hydrogen-bond acceptors (Lipinski definition) is 4. The van der Waals surface area contributed by atoms with Gasteiger partial charge in [0.05, 0.1) is 17.0 Å². The van der Waals surface area contributed by atoms with E-state index in [0.717, 1.165) is 88.5 Å². The monoisotopic (exact) mass is 754 g/mol. The second-order valence-electron chi connectivity index (χ2n) is 15.3. The van der Waals surface area contributed by atoms with E-state index in [9.17, 15) is 0 Å². The number of hydrogen-bond donors (Lipinski definition) is 0. The SMILES string of the molecule is Cc1c(-c2ccccc2)c2ccc3c4ccc(-c5cccc(-c6cc(-c7ccccc7)nc(-c7cccc8c7oc7ccccc78)n6)c5)cc4oc3c2c2ccccc12. The van der Waals surface area contributed by atoms with Crippen LogP contribution in [0, 0.1) is 6.92 Å². The maximum absolute atomic E-state index is 6.94. The van der Waals surface area contributed by atoms with Crippen LogP contribution in [0.4, 0.5) is 0 Å². The van der Waals surface area contributed by atoms with Crippen LogP contribution in [-0.2, 0) is 0 Å². The number of para-hydroxylation sites is 2. The van der Waals surface area contributed by atoms with Gasteiger partial charge in [0.1, 0.15) is 22.3 Å². The summed E-state index contributed by atoms with van der Waals surface area (Å²) in [5.41, 5.74) is 13.8. The minimum atomic E-state index is 0.616. The molecule has 0 aliphatic carbocycles. The van der Waals surface area contributed by atoms with Crippen molar-refractivity contribution in [2.45, 2.75) is 6.92 Å². The summed E-state index contributed by atoms with van der Waals surface area (Å²) in [5.74, 6) is 0.616. The average Bonchev–Trinajstić information content (AvgIpc) is 3.88. The van der Waals surface area contributed by atoms with E-state index in [1.54, 1.807) is 0 Å². The molecule has 0 atom stereocenters. The highest BCUT2D eigenvalue weighted by atomic mass is 16.3. The highest BCUT2D eigenvalue weighted by molar-refractivity contribution is 6.27. The molecule has 3 aromatic heterocycles. The van der Waals surface area contributed by atoms with Crippen LogP contribution in [0.5, 0.6) is 0 Å². The summed E-state index contributed by atoms with van der Waals surface area (Å²) < 4.78 is 13.4. The average molecular weight is 755 g/mol. The fraction of sp³-hybridized carbons (Fsp3) is 0.0182. The van der Waals surface area contributed by atoms with Gasteiger partial charge in [0.2, 0.25) is 0 Å². The minimum Gasteiger partial charge on any atom is -0.455 e. The van der Waals surface area contributed by atoms with Crippen molar-refractivity contribution >= 4 is 65.4 Å². The zero-order valence-electron chi connectivity index (χ0n) is 32.1. The molecule has 0 bridgehead atoms. The van der Waals surface area contributed by atoms with Gasteiger partial charge in [0.25, 0.3) is 0 Å². The van der Waals surface area contributed by atoms with Crippen LogP contribution in [0.3, 0.4) is 0 Å². The Kier molecular flexibility index (Phi) is 7.41. The highest BCUT2D eigenvalue weighted by Crippen LogP contribution is 2.45. The lowest BCUT2D eigenvalue weighted by atomic mass is 9.88. The smallest absolute Gasteiger partial charge is 0.164 e. The standard InChI is InChI=1S/C55H34N2O2/c1-33-39-20-8-9-22-42(39)52-45(51(33)35-16-6-3-7-17-35)29-28-44-41-27-26-37(31-50(41)59-54(44)52)36-18-12-19-38(30-36)48-32-47(34-14-4-2-5-15-34)56-55(57-48)46-24-13-23-43-40-21-10-11-25-49(40)58-53(43)46/h2-32H,1H3. The number of benzene rings is 9. The van der Waals surface area contributed by atoms with Crippen molar-refractivity contribution in [2.75, 3.05) is 0 Å². The maximum atomic E-state index is 6.94. The fourth-order valence-electron chi connectivity index (χ4n) is 9.09. The Morgan fingerprint density at radius 2 is 0.915 bits per heavy atom. The van der Waals surface area contributed by atoms with Gasteiger partial charge < -0.3 is 8.83 Å². The van der Waals surface area contributed by atoms with Gasteiger partial charge >= 0.3 is 0 Å². The van der Waals surface area contributed by atoms with Crippen LogP contribution in [-0.4, -0.2) is 9.97 Å². The number of rotatable bonds is 5. The zero-order chi connectivity index (χ0) is 39.0. The van der Waals surface area contributed by atoms with E-state index in [2.05, 4.69) is 153 Å². The second-order valence-corrected chi connectivity index (χ2v) is 15.3. The Morgan fingerprint density at radius 1 is 0.356 bits per heavy atom. The molecule has 0 aliphatic rings. The summed E-state index contributed by atoms with van der Waals surface area (Å²) in [7, 11) is 0. The molecule has 3 heterocycles. The van der Waals surface area contributed by atoms with Gasteiger partial charge in [-0.1, -0.05) is 146 Å². The third-order valence-electron chi connectivity index (χ3n) is 11.9. The summed E-state index contributed by atoms with van der Waals surface area (Å²) in [6, 6.07) is 65.8. The molecule has 12 aromatic rings. The van der Waals surface area contributed by atoms with Crippen molar-refractivity contribution in [3.63, 3.8) is 0 Å². The summed E-state index contributed by atoms with van der Waals surface area (Å²) >= 11 is 0. The summed E-state index contributed by atoms with van der Waals surface area (Å²) in [6.45, 7) is 2.24. The molecule has 4 heteroatoms. The topological polar surface area (TPSA) is 52.1 Å². The summed E-state index contributed by atoms with van der Waals surface area (Å²) in [5, 5.41) is 9.12. The molecule has 0 N–H and O–H groups in total. The van der Waals surface area contributed by atoms with Gasteiger partial charge in [-0.25, -0.2) is 9.97 Å². The molecule has 0 unspecified atom stereocenters. The molecule has 0 saturated heterocycles. The van der Waals surface area contributed by atoms with E-state index in [0.29, 0.717) is 5.82 Å². The summed E-state index contributed by atoms with van der Waals surface area (Å²) in [4.78, 5) is 10.4. The van der Waals surface area contributed by atoms with Gasteiger partial charge in [-0.2, -0.15) is 0 Å². The molecule has 0 spiro atoms. The maximum Gasteiger partial charge on any atom is 0.164 e. The molecular weight excluding hydrogens is 721 g/mol. The third-order valence-corrected chi connectivity index (χ3v) is 11.9. The molecule has 4 nitrogen and oxygen atoms in total. The number of furan rings is 2. The number of aryl methyl sites for hydroxylation is 1. The normalized spacial score (nSPS) is 11.8. The van der Waals surface area contributed by atoms with Crippen molar-refractivity contribution in [2.24, 2.45) is 0 Å². The third kappa shape index (κ3) is 5.30. The van der Waals surface area contributed by atoms with E-state index in [-0.39, 0.29) is 0 Å². The minimum absolute atomic E-state index is 0.616. The van der Waals surface area contributed by atoms with Crippen LogP contribution in [0.25, 0.3) is 122 Å². The molecule has 276 valence electrons. The molecular formula is C55H34N2O2. The van der Waals surface area contributed by atoms with Crippen molar-refractivity contribution in [1.29, 1.82) is 0 Å². The first kappa shape index (κ1) is 33.3. The number of fused-ring (bicyclic) bond motifs is 10. The largest absolute Gasteiger partial charge is 0.455 e. The molecule has 0 fully saturated rings. The van der Waals surface area contributed by atoms with E-state index in [1.165, 1.54) is 32.8 Å². The first-order valence-corrected chi connectivity index (χ1v) is 20.0. The van der Waals surface area contributed by atoms with Gasteiger partial charge in [-0.05, 0) is 93.4 Å². The lowest BCUT2D eigenvalue weighted by Gasteiger charge is -2.15. The van der Waals surface area contributed by atoms with Crippen LogP contribution in [0.2, 0.25) is 0 Å². The predicted molar refractivity (Wildman–Crippen MR) is 244 cm³/mol. The highest BCUT2D eigenvalue weighted by Gasteiger charge is 2.20. The lowest BCUT2D eigenvalue weighted by Crippen LogP contribution is -1.96. The van der Waals surface area contributed by atoms with E-state index in [1.807, 2.05) is 42.5 Å². The Labute approximate surface area is 339 Å². The second kappa shape index (κ2) is 13.1. The van der Waals surface area contributed by atoms with Gasteiger partial charge in [0, 0.05) is 38.1 Å². The molecule has 59 heavy (non-hydrogen) atoms. The van der Waals surface area contributed by atoms with Crippen molar-refractivity contribution in [3.05, 3.63) is 194 Å². The molecule has 0 radical (unpaired) electrons. The van der Waals surface area contributed by atoms with Gasteiger partial charge in [0.15, 0.2) is 5.82 Å². The van der Waals surface area contributed by atoms with Crippen molar-refractivity contribution < 1.29 is 8.83 Å². The van der Waals surface area contributed by atoms with Gasteiger partial charge in [-0.3, -0.25) is 0 Å². The quantitative estimate of drug-likeness (QED) is 0.164. The van der Waals surface area contributed by atoms with Crippen LogP contribution < -0.4 is 0 Å².